The molecule has 2 fully saturated rings. The number of fused-ring (bicyclic) bond motifs is 1. The highest BCUT2D eigenvalue weighted by atomic mass is 19.4. The summed E-state index contributed by atoms with van der Waals surface area (Å²) in [6.45, 7) is 3.34. The predicted molar refractivity (Wildman–Crippen MR) is 98.3 cm³/mol. The van der Waals surface area contributed by atoms with Gasteiger partial charge in [-0.05, 0) is 42.9 Å². The average molecular weight is 414 g/mol. The van der Waals surface area contributed by atoms with Crippen molar-refractivity contribution in [2.24, 2.45) is 11.8 Å². The second kappa shape index (κ2) is 8.12. The van der Waals surface area contributed by atoms with Crippen LogP contribution in [0.1, 0.15) is 31.7 Å². The van der Waals surface area contributed by atoms with Crippen LogP contribution in [-0.2, 0) is 14.9 Å². The lowest BCUT2D eigenvalue weighted by Gasteiger charge is -2.34. The number of carbonyl (C=O) groups excluding carboxylic acids is 2. The van der Waals surface area contributed by atoms with Gasteiger partial charge in [0.15, 0.2) is 0 Å². The number of hydrogen-bond donors (Lipinski definition) is 1. The van der Waals surface area contributed by atoms with E-state index in [1.54, 1.807) is 12.1 Å². The molecule has 0 bridgehead atoms. The van der Waals surface area contributed by atoms with E-state index in [1.165, 1.54) is 19.2 Å². The highest BCUT2D eigenvalue weighted by Crippen LogP contribution is 2.59. The molecular formula is C20H25F3N2O4. The first kappa shape index (κ1) is 21.3. The Hall–Kier alpha value is -2.45. The SMILES string of the molecule is CCC(CNC(=O)OC)C(=O)N1CCC2(c3ccc(OC(F)(F)F)cc3)CC2C1. The Bertz CT molecular complexity index is 753. The van der Waals surface area contributed by atoms with Crippen LogP contribution >= 0.6 is 0 Å². The molecule has 3 rings (SSSR count). The van der Waals surface area contributed by atoms with Gasteiger partial charge in [0.2, 0.25) is 5.91 Å². The van der Waals surface area contributed by atoms with Crippen LogP contribution in [-0.4, -0.2) is 50.0 Å². The largest absolute Gasteiger partial charge is 0.573 e. The van der Waals surface area contributed by atoms with Gasteiger partial charge in [0.25, 0.3) is 0 Å². The number of likely N-dealkylation sites (tertiary alicyclic amines) is 1. The van der Waals surface area contributed by atoms with Crippen LogP contribution < -0.4 is 10.1 Å². The monoisotopic (exact) mass is 414 g/mol. The minimum Gasteiger partial charge on any atom is -0.453 e. The van der Waals surface area contributed by atoms with Gasteiger partial charge in [0.1, 0.15) is 5.75 Å². The number of benzene rings is 1. The number of methoxy groups -OCH3 is 1. The summed E-state index contributed by atoms with van der Waals surface area (Å²) >= 11 is 0. The fourth-order valence-corrected chi connectivity index (χ4v) is 4.25. The third-order valence-corrected chi connectivity index (χ3v) is 6.00. The van der Waals surface area contributed by atoms with E-state index in [2.05, 4.69) is 14.8 Å². The smallest absolute Gasteiger partial charge is 0.453 e. The summed E-state index contributed by atoms with van der Waals surface area (Å²) in [7, 11) is 1.28. The van der Waals surface area contributed by atoms with E-state index in [4.69, 9.17) is 0 Å². The fourth-order valence-electron chi connectivity index (χ4n) is 4.25. The topological polar surface area (TPSA) is 67.9 Å². The van der Waals surface area contributed by atoms with Gasteiger partial charge >= 0.3 is 12.5 Å². The fraction of sp³-hybridized carbons (Fsp3) is 0.600. The van der Waals surface area contributed by atoms with Crippen molar-refractivity contribution in [3.05, 3.63) is 29.8 Å². The maximum absolute atomic E-state index is 12.8. The number of nitrogens with one attached hydrogen (secondary N) is 1. The number of alkyl carbamates (subject to hydrolysis) is 1. The lowest BCUT2D eigenvalue weighted by Crippen LogP contribution is -2.46. The normalized spacial score (nSPS) is 24.3. The number of ether oxygens (including phenoxy) is 2. The van der Waals surface area contributed by atoms with Gasteiger partial charge in [-0.1, -0.05) is 19.1 Å². The first-order chi connectivity index (χ1) is 13.7. The molecule has 0 aromatic heterocycles. The maximum Gasteiger partial charge on any atom is 0.573 e. The van der Waals surface area contributed by atoms with Gasteiger partial charge in [0, 0.05) is 25.0 Å². The van der Waals surface area contributed by atoms with Crippen molar-refractivity contribution in [3.63, 3.8) is 0 Å². The zero-order valence-electron chi connectivity index (χ0n) is 16.4. The number of amides is 2. The number of piperidine rings is 1. The molecule has 6 nitrogen and oxygen atoms in total. The number of nitrogens with zero attached hydrogens (tertiary/aromatic N) is 1. The number of alkyl halides is 3. The standard InChI is InChI=1S/C20H25F3N2O4/c1-3-13(11-24-18(27)28-2)17(26)25-9-8-19(10-15(19)12-25)14-4-6-16(7-5-14)29-20(21,22)23/h4-7,13,15H,3,8-12H2,1-2H3,(H,24,27). The molecule has 3 unspecified atom stereocenters. The Morgan fingerprint density at radius 2 is 2.00 bits per heavy atom. The summed E-state index contributed by atoms with van der Waals surface area (Å²) in [5, 5.41) is 2.58. The molecule has 9 heteroatoms. The highest BCUT2D eigenvalue weighted by Gasteiger charge is 2.58. The van der Waals surface area contributed by atoms with Crippen molar-refractivity contribution in [3.8, 4) is 5.75 Å². The van der Waals surface area contributed by atoms with E-state index in [1.807, 2.05) is 11.8 Å². The van der Waals surface area contributed by atoms with Crippen LogP contribution in [0.25, 0.3) is 0 Å². The molecule has 1 saturated heterocycles. The van der Waals surface area contributed by atoms with E-state index < -0.39 is 12.5 Å². The maximum atomic E-state index is 12.8. The van der Waals surface area contributed by atoms with Crippen LogP contribution in [0.2, 0.25) is 0 Å². The summed E-state index contributed by atoms with van der Waals surface area (Å²) in [5.74, 6) is -0.232. The van der Waals surface area contributed by atoms with Crippen LogP contribution in [0.15, 0.2) is 24.3 Å². The van der Waals surface area contributed by atoms with Crippen LogP contribution in [0.4, 0.5) is 18.0 Å². The lowest BCUT2D eigenvalue weighted by atomic mass is 9.86. The van der Waals surface area contributed by atoms with Crippen molar-refractivity contribution < 1.29 is 32.2 Å². The summed E-state index contributed by atoms with van der Waals surface area (Å²) in [6, 6.07) is 6.06. The molecule has 1 aromatic carbocycles. The molecule has 1 saturated carbocycles. The first-order valence-corrected chi connectivity index (χ1v) is 9.65. The Morgan fingerprint density at radius 3 is 2.55 bits per heavy atom. The van der Waals surface area contributed by atoms with E-state index in [9.17, 15) is 22.8 Å². The molecule has 3 atom stereocenters. The molecule has 2 aliphatic rings. The van der Waals surface area contributed by atoms with Crippen molar-refractivity contribution in [1.82, 2.24) is 10.2 Å². The van der Waals surface area contributed by atoms with E-state index >= 15 is 0 Å². The predicted octanol–water partition coefficient (Wildman–Crippen LogP) is 3.46. The average Bonchev–Trinajstić information content (AvgIpc) is 3.42. The molecule has 29 heavy (non-hydrogen) atoms. The zero-order valence-corrected chi connectivity index (χ0v) is 16.4. The van der Waals surface area contributed by atoms with E-state index in [-0.39, 0.29) is 29.5 Å². The quantitative estimate of drug-likeness (QED) is 0.774. The van der Waals surface area contributed by atoms with Crippen molar-refractivity contribution >= 4 is 12.0 Å². The molecule has 2 amide bonds. The van der Waals surface area contributed by atoms with Gasteiger partial charge < -0.3 is 19.7 Å². The Labute approximate surface area is 167 Å². The molecular weight excluding hydrogens is 389 g/mol. The third kappa shape index (κ3) is 4.76. The Morgan fingerprint density at radius 1 is 1.31 bits per heavy atom. The van der Waals surface area contributed by atoms with Gasteiger partial charge in [-0.2, -0.15) is 0 Å². The molecule has 1 heterocycles. The van der Waals surface area contributed by atoms with E-state index in [0.29, 0.717) is 25.4 Å². The van der Waals surface area contributed by atoms with Crippen LogP contribution in [0.5, 0.6) is 5.75 Å². The molecule has 1 aromatic rings. The van der Waals surface area contributed by atoms with Gasteiger partial charge in [-0.15, -0.1) is 13.2 Å². The summed E-state index contributed by atoms with van der Waals surface area (Å²) in [5.41, 5.74) is 0.919. The van der Waals surface area contributed by atoms with E-state index in [0.717, 1.165) is 18.4 Å². The molecule has 0 radical (unpaired) electrons. The number of carbonyl (C=O) groups is 2. The van der Waals surface area contributed by atoms with Gasteiger partial charge in [-0.3, -0.25) is 4.79 Å². The van der Waals surface area contributed by atoms with Crippen LogP contribution in [0.3, 0.4) is 0 Å². The van der Waals surface area contributed by atoms with Crippen LogP contribution in [0, 0.1) is 11.8 Å². The number of rotatable bonds is 6. The summed E-state index contributed by atoms with van der Waals surface area (Å²) in [4.78, 5) is 25.9. The van der Waals surface area contributed by atoms with Crippen molar-refractivity contribution in [2.45, 2.75) is 38.0 Å². The lowest BCUT2D eigenvalue weighted by molar-refractivity contribution is -0.274. The molecule has 160 valence electrons. The third-order valence-electron chi connectivity index (χ3n) is 6.00. The summed E-state index contributed by atoms with van der Waals surface area (Å²) in [6.07, 6.45) is -2.98. The molecule has 1 N–H and O–H groups in total. The molecule has 0 spiro atoms. The van der Waals surface area contributed by atoms with Gasteiger partial charge in [0.05, 0.1) is 13.0 Å². The van der Waals surface area contributed by atoms with Crippen molar-refractivity contribution in [1.29, 1.82) is 0 Å². The second-order valence-corrected chi connectivity index (χ2v) is 7.64. The molecule has 1 aliphatic carbocycles. The second-order valence-electron chi connectivity index (χ2n) is 7.64. The number of hydrogen-bond acceptors (Lipinski definition) is 4. The van der Waals surface area contributed by atoms with Gasteiger partial charge in [-0.25, -0.2) is 4.79 Å². The minimum absolute atomic E-state index is 0.0123. The molecule has 1 aliphatic heterocycles. The zero-order chi connectivity index (χ0) is 21.2. The minimum atomic E-state index is -4.70. The number of halogens is 3. The van der Waals surface area contributed by atoms with Crippen molar-refractivity contribution in [2.75, 3.05) is 26.7 Å². The Kier molecular flexibility index (Phi) is 5.95. The summed E-state index contributed by atoms with van der Waals surface area (Å²) < 4.78 is 45.4. The highest BCUT2D eigenvalue weighted by molar-refractivity contribution is 5.80. The first-order valence-electron chi connectivity index (χ1n) is 9.65. The Balaban J connectivity index is 1.58.